The van der Waals surface area contributed by atoms with Gasteiger partial charge >= 0.3 is 0 Å². The molecule has 9 heteroatoms. The van der Waals surface area contributed by atoms with Crippen LogP contribution in [0, 0.1) is 6.92 Å². The summed E-state index contributed by atoms with van der Waals surface area (Å²) in [7, 11) is 0. The molecule has 3 rings (SSSR count). The number of aryl methyl sites for hydroxylation is 1. The van der Waals surface area contributed by atoms with Crippen molar-refractivity contribution in [3.63, 3.8) is 0 Å². The number of carbonyl (C=O) groups is 2. The van der Waals surface area contributed by atoms with Crippen LogP contribution in [0.3, 0.4) is 0 Å². The van der Waals surface area contributed by atoms with Gasteiger partial charge in [-0.3, -0.25) is 19.8 Å². The summed E-state index contributed by atoms with van der Waals surface area (Å²) in [5, 5.41) is 12.7. The van der Waals surface area contributed by atoms with Crippen molar-refractivity contribution < 1.29 is 14.7 Å². The Hall–Kier alpha value is -1.74. The van der Waals surface area contributed by atoms with Gasteiger partial charge in [0.05, 0.1) is 10.7 Å². The van der Waals surface area contributed by atoms with Crippen molar-refractivity contribution in [2.24, 2.45) is 0 Å². The molecule has 0 aromatic heterocycles. The average Bonchev–Trinajstić information content (AvgIpc) is 2.57. The van der Waals surface area contributed by atoms with E-state index in [1.807, 2.05) is 13.0 Å². The second-order valence-electron chi connectivity index (χ2n) is 5.71. The number of hydrogen-bond acceptors (Lipinski definition) is 4. The summed E-state index contributed by atoms with van der Waals surface area (Å²) in [6.45, 7) is 1.83. The van der Waals surface area contributed by atoms with E-state index in [0.29, 0.717) is 10.2 Å². The monoisotopic (exact) mass is 528 g/mol. The first-order valence-corrected chi connectivity index (χ1v) is 9.92. The molecule has 2 aromatic carbocycles. The topological polar surface area (TPSA) is 69.6 Å². The van der Waals surface area contributed by atoms with E-state index < -0.39 is 11.8 Å². The van der Waals surface area contributed by atoms with Gasteiger partial charge in [0.2, 0.25) is 0 Å². The first kappa shape index (κ1) is 20.0. The van der Waals surface area contributed by atoms with E-state index in [1.54, 1.807) is 18.2 Å². The summed E-state index contributed by atoms with van der Waals surface area (Å²) >= 11 is 17.8. The number of aromatic hydroxyl groups is 1. The van der Waals surface area contributed by atoms with Crippen LogP contribution >= 0.6 is 55.7 Å². The molecule has 5 nitrogen and oxygen atoms in total. The summed E-state index contributed by atoms with van der Waals surface area (Å²) in [4.78, 5) is 26.7. The maximum atomic E-state index is 13.0. The highest BCUT2D eigenvalue weighted by atomic mass is 79.9. The fourth-order valence-corrected chi connectivity index (χ4v) is 4.18. The lowest BCUT2D eigenvalue weighted by Crippen LogP contribution is -2.54. The van der Waals surface area contributed by atoms with E-state index in [0.717, 1.165) is 10.0 Å². The number of carbonyl (C=O) groups excluding carboxylic acids is 2. The average molecular weight is 531 g/mol. The Morgan fingerprint density at radius 1 is 1.19 bits per heavy atom. The Morgan fingerprint density at radius 3 is 2.56 bits per heavy atom. The molecule has 0 bridgehead atoms. The van der Waals surface area contributed by atoms with Gasteiger partial charge < -0.3 is 5.11 Å². The molecule has 0 unspecified atom stereocenters. The first-order chi connectivity index (χ1) is 12.7. The van der Waals surface area contributed by atoms with Crippen molar-refractivity contribution in [1.29, 1.82) is 0 Å². The van der Waals surface area contributed by atoms with Gasteiger partial charge in [0.15, 0.2) is 5.11 Å². The normalized spacial score (nSPS) is 16.1. The van der Waals surface area contributed by atoms with Gasteiger partial charge in [-0.15, -0.1) is 0 Å². The van der Waals surface area contributed by atoms with Crippen LogP contribution in [-0.2, 0) is 9.59 Å². The molecule has 1 fully saturated rings. The maximum Gasteiger partial charge on any atom is 0.270 e. The van der Waals surface area contributed by atoms with Crippen LogP contribution < -0.4 is 10.2 Å². The lowest BCUT2D eigenvalue weighted by molar-refractivity contribution is -0.122. The molecular weight excluding hydrogens is 520 g/mol. The van der Waals surface area contributed by atoms with Crippen LogP contribution in [0.5, 0.6) is 5.75 Å². The smallest absolute Gasteiger partial charge is 0.270 e. The number of thiocarbonyl (C=S) groups is 1. The Bertz CT molecular complexity index is 1040. The van der Waals surface area contributed by atoms with Crippen molar-refractivity contribution in [3.05, 3.63) is 61.0 Å². The zero-order valence-electron chi connectivity index (χ0n) is 13.7. The molecule has 0 spiro atoms. The second-order valence-corrected chi connectivity index (χ2v) is 8.34. The van der Waals surface area contributed by atoms with E-state index in [2.05, 4.69) is 37.2 Å². The van der Waals surface area contributed by atoms with Crippen molar-refractivity contribution in [3.8, 4) is 5.75 Å². The second kappa shape index (κ2) is 7.71. The third-order valence-corrected chi connectivity index (χ3v) is 5.38. The van der Waals surface area contributed by atoms with Gasteiger partial charge in [0, 0.05) is 14.5 Å². The minimum Gasteiger partial charge on any atom is -0.506 e. The standard InChI is InChI=1S/C18H11Br2ClN2O3S/c1-8-4-10(19)2-3-14(8)23-17(26)12(16(25)22-18(23)27)6-9-5-11(20)7-13(21)15(9)24/h2-7,24H,1H3,(H,22,25,27)/b12-6-. The summed E-state index contributed by atoms with van der Waals surface area (Å²) < 4.78 is 1.45. The summed E-state index contributed by atoms with van der Waals surface area (Å²) in [5.74, 6) is -1.47. The molecule has 0 atom stereocenters. The minimum absolute atomic E-state index is 0.0101. The number of amides is 2. The number of rotatable bonds is 2. The summed E-state index contributed by atoms with van der Waals surface area (Å²) in [6, 6.07) is 8.40. The molecule has 1 saturated heterocycles. The molecule has 138 valence electrons. The van der Waals surface area contributed by atoms with Crippen molar-refractivity contribution in [2.75, 3.05) is 4.90 Å². The van der Waals surface area contributed by atoms with E-state index in [9.17, 15) is 14.7 Å². The molecule has 1 aliphatic rings. The van der Waals surface area contributed by atoms with Gasteiger partial charge in [-0.2, -0.15) is 0 Å². The maximum absolute atomic E-state index is 13.0. The SMILES string of the molecule is Cc1cc(Br)ccc1N1C(=O)/C(=C\c2cc(Br)cc(Cl)c2O)C(=O)NC1=S. The quantitative estimate of drug-likeness (QED) is 0.335. The van der Waals surface area contributed by atoms with Gasteiger partial charge in [-0.1, -0.05) is 43.5 Å². The lowest BCUT2D eigenvalue weighted by atomic mass is 10.1. The Balaban J connectivity index is 2.11. The van der Waals surface area contributed by atoms with Gasteiger partial charge in [-0.05, 0) is 61.1 Å². The molecule has 0 aliphatic carbocycles. The van der Waals surface area contributed by atoms with Crippen LogP contribution in [0.1, 0.15) is 11.1 Å². The number of anilines is 1. The zero-order chi connectivity index (χ0) is 19.9. The number of nitrogens with one attached hydrogen (secondary N) is 1. The number of hydrogen-bond donors (Lipinski definition) is 2. The largest absolute Gasteiger partial charge is 0.506 e. The highest BCUT2D eigenvalue weighted by molar-refractivity contribution is 9.10. The van der Waals surface area contributed by atoms with Crippen LogP contribution in [-0.4, -0.2) is 22.0 Å². The molecule has 27 heavy (non-hydrogen) atoms. The molecular formula is C18H11Br2ClN2O3S. The molecule has 0 radical (unpaired) electrons. The lowest BCUT2D eigenvalue weighted by Gasteiger charge is -2.30. The number of halogens is 3. The van der Waals surface area contributed by atoms with Crippen LogP contribution in [0.4, 0.5) is 5.69 Å². The van der Waals surface area contributed by atoms with Crippen LogP contribution in [0.25, 0.3) is 6.08 Å². The Labute approximate surface area is 182 Å². The van der Waals surface area contributed by atoms with E-state index in [1.165, 1.54) is 17.0 Å². The van der Waals surface area contributed by atoms with Gasteiger partial charge in [0.25, 0.3) is 11.8 Å². The molecule has 2 amide bonds. The van der Waals surface area contributed by atoms with E-state index in [-0.39, 0.29) is 27.0 Å². The number of benzene rings is 2. The zero-order valence-corrected chi connectivity index (χ0v) is 18.5. The predicted octanol–water partition coefficient (Wildman–Crippen LogP) is 4.71. The number of nitrogens with zero attached hydrogens (tertiary/aromatic N) is 1. The number of phenols is 1. The van der Waals surface area contributed by atoms with Crippen molar-refractivity contribution in [2.45, 2.75) is 6.92 Å². The number of phenolic OH excluding ortho intramolecular Hbond substituents is 1. The molecule has 2 aromatic rings. The molecule has 1 aliphatic heterocycles. The molecule has 2 N–H and O–H groups in total. The first-order valence-electron chi connectivity index (χ1n) is 7.54. The van der Waals surface area contributed by atoms with Gasteiger partial charge in [0.1, 0.15) is 11.3 Å². The van der Waals surface area contributed by atoms with E-state index in [4.69, 9.17) is 23.8 Å². The Morgan fingerprint density at radius 2 is 1.89 bits per heavy atom. The van der Waals surface area contributed by atoms with Crippen molar-refractivity contribution >= 4 is 84.4 Å². The van der Waals surface area contributed by atoms with E-state index >= 15 is 0 Å². The highest BCUT2D eigenvalue weighted by Crippen LogP contribution is 2.34. The minimum atomic E-state index is -0.647. The van der Waals surface area contributed by atoms with Crippen LogP contribution in [0.2, 0.25) is 5.02 Å². The van der Waals surface area contributed by atoms with Crippen LogP contribution in [0.15, 0.2) is 44.9 Å². The van der Waals surface area contributed by atoms with Gasteiger partial charge in [-0.25, -0.2) is 0 Å². The third kappa shape index (κ3) is 3.94. The molecule has 1 heterocycles. The predicted molar refractivity (Wildman–Crippen MR) is 116 cm³/mol. The fraction of sp³-hybridized carbons (Fsp3) is 0.0556. The summed E-state index contributed by atoms with van der Waals surface area (Å²) in [5.41, 5.74) is 1.41. The molecule has 0 saturated carbocycles. The third-order valence-electron chi connectivity index (χ3n) is 3.86. The highest BCUT2D eigenvalue weighted by Gasteiger charge is 2.35. The Kier molecular flexibility index (Phi) is 5.71. The summed E-state index contributed by atoms with van der Waals surface area (Å²) in [6.07, 6.45) is 1.28. The fourth-order valence-electron chi connectivity index (χ4n) is 2.60. The van der Waals surface area contributed by atoms with Crippen molar-refractivity contribution in [1.82, 2.24) is 5.32 Å².